The van der Waals surface area contributed by atoms with E-state index in [-0.39, 0.29) is 0 Å². The number of rotatable bonds is 11. The van der Waals surface area contributed by atoms with Gasteiger partial charge < -0.3 is 16.0 Å². The number of hydrogen-bond donors (Lipinski definition) is 3. The Morgan fingerprint density at radius 1 is 0.897 bits per heavy atom. The highest BCUT2D eigenvalue weighted by Gasteiger charge is 2.03. The monoisotopic (exact) mass is 412 g/mol. The molecule has 0 fully saturated rings. The fourth-order valence-corrected chi connectivity index (χ4v) is 3.25. The van der Waals surface area contributed by atoms with E-state index in [0.717, 1.165) is 73.4 Å². The molecule has 3 rings (SSSR count). The van der Waals surface area contributed by atoms with E-state index in [9.17, 15) is 0 Å². The lowest BCUT2D eigenvalue weighted by molar-refractivity contribution is 0.792. The number of hydrogen-bond acceptors (Lipinski definition) is 6. The average Bonchev–Trinajstić information content (AvgIpc) is 2.70. The maximum Gasteiger partial charge on any atom is 0.224 e. The molecule has 0 aliphatic rings. The standard InChI is InChI=1S/C22H29ClN6/c1-3-4-10-27-22-28-16(2)14-21(29-22)26-12-6-5-11-24-19-9-13-25-20-15-17(23)7-8-18(19)20/h7-9,13-15H,3-6,10-12H2,1-2H3,(H,24,25)(H2,26,27,28,29). The van der Waals surface area contributed by atoms with Crippen molar-refractivity contribution in [3.63, 3.8) is 0 Å². The molecule has 0 spiro atoms. The molecule has 0 atom stereocenters. The van der Waals surface area contributed by atoms with Gasteiger partial charge in [0.25, 0.3) is 0 Å². The molecule has 29 heavy (non-hydrogen) atoms. The number of aryl methyl sites for hydroxylation is 1. The Morgan fingerprint density at radius 3 is 2.52 bits per heavy atom. The lowest BCUT2D eigenvalue weighted by Crippen LogP contribution is -2.10. The summed E-state index contributed by atoms with van der Waals surface area (Å²) in [6.07, 6.45) is 6.18. The van der Waals surface area contributed by atoms with Gasteiger partial charge in [0.1, 0.15) is 5.82 Å². The molecule has 6 nitrogen and oxygen atoms in total. The Hall–Kier alpha value is -2.60. The third-order valence-corrected chi connectivity index (χ3v) is 4.83. The van der Waals surface area contributed by atoms with Crippen molar-refractivity contribution in [3.05, 3.63) is 47.2 Å². The van der Waals surface area contributed by atoms with Crippen molar-refractivity contribution >= 4 is 40.0 Å². The van der Waals surface area contributed by atoms with E-state index in [0.29, 0.717) is 11.0 Å². The van der Waals surface area contributed by atoms with E-state index in [4.69, 9.17) is 11.6 Å². The van der Waals surface area contributed by atoms with Crippen LogP contribution in [0.2, 0.25) is 5.02 Å². The number of fused-ring (bicyclic) bond motifs is 1. The number of benzene rings is 1. The van der Waals surface area contributed by atoms with Crippen molar-refractivity contribution in [1.82, 2.24) is 15.0 Å². The van der Waals surface area contributed by atoms with E-state index in [1.807, 2.05) is 43.5 Å². The van der Waals surface area contributed by atoms with Gasteiger partial charge in [-0.15, -0.1) is 0 Å². The van der Waals surface area contributed by atoms with E-state index in [1.165, 1.54) is 0 Å². The molecule has 2 heterocycles. The summed E-state index contributed by atoms with van der Waals surface area (Å²) in [5, 5.41) is 12.0. The van der Waals surface area contributed by atoms with E-state index in [2.05, 4.69) is 37.8 Å². The van der Waals surface area contributed by atoms with Crippen molar-refractivity contribution < 1.29 is 0 Å². The quantitative estimate of drug-likeness (QED) is 0.361. The van der Waals surface area contributed by atoms with Gasteiger partial charge in [-0.2, -0.15) is 4.98 Å². The molecule has 0 aliphatic heterocycles. The SMILES string of the molecule is CCCCNc1nc(C)cc(NCCCCNc2ccnc3cc(Cl)ccc23)n1. The zero-order valence-corrected chi connectivity index (χ0v) is 17.9. The van der Waals surface area contributed by atoms with Gasteiger partial charge in [-0.25, -0.2) is 4.98 Å². The second kappa shape index (κ2) is 10.8. The summed E-state index contributed by atoms with van der Waals surface area (Å²) in [5.74, 6) is 1.58. The summed E-state index contributed by atoms with van der Waals surface area (Å²) in [6, 6.07) is 9.79. The van der Waals surface area contributed by atoms with Crippen LogP contribution in [0.4, 0.5) is 17.5 Å². The summed E-state index contributed by atoms with van der Waals surface area (Å²) in [4.78, 5) is 13.4. The fraction of sp³-hybridized carbons (Fsp3) is 0.409. The second-order valence-corrected chi connectivity index (χ2v) is 7.52. The number of aromatic nitrogens is 3. The van der Waals surface area contributed by atoms with Gasteiger partial charge in [0, 0.05) is 53.7 Å². The summed E-state index contributed by atoms with van der Waals surface area (Å²) in [5.41, 5.74) is 2.97. The highest BCUT2D eigenvalue weighted by atomic mass is 35.5. The molecule has 154 valence electrons. The van der Waals surface area contributed by atoms with Crippen molar-refractivity contribution in [3.8, 4) is 0 Å². The van der Waals surface area contributed by atoms with Crippen LogP contribution in [-0.4, -0.2) is 34.6 Å². The van der Waals surface area contributed by atoms with Crippen LogP contribution in [0, 0.1) is 6.92 Å². The largest absolute Gasteiger partial charge is 0.384 e. The lowest BCUT2D eigenvalue weighted by atomic mass is 10.2. The summed E-state index contributed by atoms with van der Waals surface area (Å²) >= 11 is 6.05. The van der Waals surface area contributed by atoms with E-state index < -0.39 is 0 Å². The van der Waals surface area contributed by atoms with Gasteiger partial charge in [-0.3, -0.25) is 4.98 Å². The van der Waals surface area contributed by atoms with Crippen molar-refractivity contribution in [2.45, 2.75) is 39.5 Å². The molecule has 1 aromatic carbocycles. The Morgan fingerprint density at radius 2 is 1.69 bits per heavy atom. The summed E-state index contributed by atoms with van der Waals surface area (Å²) < 4.78 is 0. The maximum absolute atomic E-state index is 6.05. The average molecular weight is 413 g/mol. The van der Waals surface area contributed by atoms with Crippen LogP contribution in [-0.2, 0) is 0 Å². The molecule has 0 bridgehead atoms. The van der Waals surface area contributed by atoms with Gasteiger partial charge in [-0.05, 0) is 50.5 Å². The Balaban J connectivity index is 1.42. The number of unbranched alkanes of at least 4 members (excludes halogenated alkanes) is 2. The molecule has 0 aliphatic carbocycles. The number of nitrogens with one attached hydrogen (secondary N) is 3. The Kier molecular flexibility index (Phi) is 7.87. The van der Waals surface area contributed by atoms with Crippen molar-refractivity contribution in [1.29, 1.82) is 0 Å². The molecule has 0 saturated heterocycles. The van der Waals surface area contributed by atoms with Crippen LogP contribution < -0.4 is 16.0 Å². The minimum atomic E-state index is 0.701. The predicted octanol–water partition coefficient (Wildman–Crippen LogP) is 5.50. The third-order valence-electron chi connectivity index (χ3n) is 4.60. The molecule has 0 radical (unpaired) electrons. The lowest BCUT2D eigenvalue weighted by Gasteiger charge is -2.11. The first-order chi connectivity index (χ1) is 14.2. The zero-order chi connectivity index (χ0) is 20.5. The zero-order valence-electron chi connectivity index (χ0n) is 17.1. The topological polar surface area (TPSA) is 74.8 Å². The van der Waals surface area contributed by atoms with Crippen molar-refractivity contribution in [2.24, 2.45) is 0 Å². The van der Waals surface area contributed by atoms with Crippen LogP contribution in [0.25, 0.3) is 10.9 Å². The maximum atomic E-state index is 6.05. The predicted molar refractivity (Wildman–Crippen MR) is 123 cm³/mol. The first kappa shape index (κ1) is 21.1. The van der Waals surface area contributed by atoms with Crippen molar-refractivity contribution in [2.75, 3.05) is 35.6 Å². The number of pyridine rings is 1. The highest BCUT2D eigenvalue weighted by Crippen LogP contribution is 2.24. The summed E-state index contributed by atoms with van der Waals surface area (Å²) in [6.45, 7) is 6.84. The van der Waals surface area contributed by atoms with Gasteiger partial charge in [0.15, 0.2) is 0 Å². The second-order valence-electron chi connectivity index (χ2n) is 7.08. The molecular formula is C22H29ClN6. The van der Waals surface area contributed by atoms with Gasteiger partial charge in [0.2, 0.25) is 5.95 Å². The Bertz CT molecular complexity index is 930. The molecule has 0 unspecified atom stereocenters. The molecule has 3 N–H and O–H groups in total. The first-order valence-corrected chi connectivity index (χ1v) is 10.6. The van der Waals surface area contributed by atoms with E-state index in [1.54, 1.807) is 0 Å². The summed E-state index contributed by atoms with van der Waals surface area (Å²) in [7, 11) is 0. The molecule has 0 saturated carbocycles. The first-order valence-electron chi connectivity index (χ1n) is 10.3. The van der Waals surface area contributed by atoms with Gasteiger partial charge in [-0.1, -0.05) is 24.9 Å². The third kappa shape index (κ3) is 6.46. The van der Waals surface area contributed by atoms with Crippen LogP contribution in [0.1, 0.15) is 38.3 Å². The molecule has 7 heteroatoms. The van der Waals surface area contributed by atoms with E-state index >= 15 is 0 Å². The minimum absolute atomic E-state index is 0.701. The molecule has 3 aromatic rings. The highest BCUT2D eigenvalue weighted by molar-refractivity contribution is 6.31. The van der Waals surface area contributed by atoms with Crippen LogP contribution in [0.5, 0.6) is 0 Å². The fourth-order valence-electron chi connectivity index (χ4n) is 3.08. The Labute approximate surface area is 177 Å². The van der Waals surface area contributed by atoms with Gasteiger partial charge in [0.05, 0.1) is 5.52 Å². The van der Waals surface area contributed by atoms with Crippen LogP contribution in [0.3, 0.4) is 0 Å². The molecular weight excluding hydrogens is 384 g/mol. The number of nitrogens with zero attached hydrogens (tertiary/aromatic N) is 3. The number of anilines is 3. The van der Waals surface area contributed by atoms with Crippen LogP contribution >= 0.6 is 11.6 Å². The smallest absolute Gasteiger partial charge is 0.224 e. The molecule has 0 amide bonds. The normalized spacial score (nSPS) is 10.9. The minimum Gasteiger partial charge on any atom is -0.384 e. The number of halogens is 1. The molecule has 2 aromatic heterocycles. The van der Waals surface area contributed by atoms with Gasteiger partial charge >= 0.3 is 0 Å². The van der Waals surface area contributed by atoms with Crippen LogP contribution in [0.15, 0.2) is 36.5 Å².